The van der Waals surface area contributed by atoms with Crippen LogP contribution in [0.15, 0.2) is 164 Å². The fourth-order valence-corrected chi connectivity index (χ4v) is 8.00. The summed E-state index contributed by atoms with van der Waals surface area (Å²) in [5.74, 6) is 1.99. The van der Waals surface area contributed by atoms with Gasteiger partial charge in [0.2, 0.25) is 0 Å². The van der Waals surface area contributed by atoms with Crippen molar-refractivity contribution in [1.29, 1.82) is 0 Å². The molecule has 0 aliphatic heterocycles. The Kier molecular flexibility index (Phi) is 5.49. The van der Waals surface area contributed by atoms with Crippen molar-refractivity contribution in [2.75, 3.05) is 0 Å². The summed E-state index contributed by atoms with van der Waals surface area (Å²) in [5.41, 5.74) is 12.8. The van der Waals surface area contributed by atoms with E-state index in [1.807, 2.05) is 18.2 Å². The smallest absolute Gasteiger partial charge is 0.164 e. The van der Waals surface area contributed by atoms with Crippen molar-refractivity contribution in [3.05, 3.63) is 186 Å². The first kappa shape index (κ1) is 26.1. The average molecular weight is 598 g/mol. The molecule has 3 nitrogen and oxygen atoms in total. The van der Waals surface area contributed by atoms with Crippen LogP contribution in [0.1, 0.15) is 22.3 Å². The van der Waals surface area contributed by atoms with E-state index < -0.39 is 5.41 Å². The quantitative estimate of drug-likeness (QED) is 0.203. The second-order valence-electron chi connectivity index (χ2n) is 12.3. The Balaban J connectivity index is 1.25. The molecule has 2 aliphatic rings. The molecule has 0 saturated heterocycles. The number of benzene rings is 7. The molecule has 218 valence electrons. The molecule has 0 fully saturated rings. The predicted molar refractivity (Wildman–Crippen MR) is 190 cm³/mol. The maximum atomic E-state index is 5.21. The number of aromatic nitrogens is 3. The highest BCUT2D eigenvalue weighted by atomic mass is 15.0. The first-order valence-electron chi connectivity index (χ1n) is 16.0. The van der Waals surface area contributed by atoms with E-state index in [1.165, 1.54) is 44.5 Å². The first-order valence-corrected chi connectivity index (χ1v) is 16.0. The number of hydrogen-bond acceptors (Lipinski definition) is 3. The van der Waals surface area contributed by atoms with Crippen LogP contribution in [0, 0.1) is 0 Å². The van der Waals surface area contributed by atoms with Gasteiger partial charge in [-0.3, -0.25) is 0 Å². The van der Waals surface area contributed by atoms with Gasteiger partial charge >= 0.3 is 0 Å². The topological polar surface area (TPSA) is 38.7 Å². The Morgan fingerprint density at radius 1 is 0.319 bits per heavy atom. The zero-order valence-corrected chi connectivity index (χ0v) is 25.4. The van der Waals surface area contributed by atoms with Gasteiger partial charge in [0.25, 0.3) is 0 Å². The van der Waals surface area contributed by atoms with Crippen LogP contribution in [0.3, 0.4) is 0 Å². The third kappa shape index (κ3) is 3.65. The summed E-state index contributed by atoms with van der Waals surface area (Å²) in [6.45, 7) is 0. The van der Waals surface area contributed by atoms with E-state index in [9.17, 15) is 0 Å². The van der Waals surface area contributed by atoms with Crippen LogP contribution >= 0.6 is 0 Å². The van der Waals surface area contributed by atoms with E-state index in [4.69, 9.17) is 15.0 Å². The van der Waals surface area contributed by atoms with Gasteiger partial charge in [0, 0.05) is 16.7 Å². The minimum Gasteiger partial charge on any atom is -0.208 e. The van der Waals surface area contributed by atoms with Crippen LogP contribution in [-0.2, 0) is 5.41 Å². The molecule has 0 N–H and O–H groups in total. The van der Waals surface area contributed by atoms with Crippen LogP contribution in [0.5, 0.6) is 0 Å². The fraction of sp³-hybridized carbons (Fsp3) is 0.0227. The van der Waals surface area contributed by atoms with Crippen molar-refractivity contribution >= 4 is 10.8 Å². The lowest BCUT2D eigenvalue weighted by molar-refractivity contribution is 0.794. The molecule has 0 radical (unpaired) electrons. The van der Waals surface area contributed by atoms with Gasteiger partial charge in [-0.05, 0) is 61.3 Å². The zero-order valence-electron chi connectivity index (χ0n) is 25.4. The molecule has 0 saturated carbocycles. The largest absolute Gasteiger partial charge is 0.208 e. The monoisotopic (exact) mass is 597 g/mol. The highest BCUT2D eigenvalue weighted by Gasteiger charge is 2.51. The van der Waals surface area contributed by atoms with Gasteiger partial charge < -0.3 is 0 Å². The second kappa shape index (κ2) is 9.90. The minimum absolute atomic E-state index is 0.428. The van der Waals surface area contributed by atoms with E-state index in [1.54, 1.807) is 0 Å². The summed E-state index contributed by atoms with van der Waals surface area (Å²) in [6.07, 6.45) is 0. The molecule has 47 heavy (non-hydrogen) atoms. The van der Waals surface area contributed by atoms with Gasteiger partial charge in [-0.15, -0.1) is 0 Å². The summed E-state index contributed by atoms with van der Waals surface area (Å²) >= 11 is 0. The summed E-state index contributed by atoms with van der Waals surface area (Å²) < 4.78 is 0. The van der Waals surface area contributed by atoms with Crippen LogP contribution in [0.4, 0.5) is 0 Å². The number of hydrogen-bond donors (Lipinski definition) is 0. The molecule has 0 amide bonds. The third-order valence-electron chi connectivity index (χ3n) is 9.95. The first-order chi connectivity index (χ1) is 23.3. The molecule has 1 aromatic heterocycles. The van der Waals surface area contributed by atoms with Gasteiger partial charge in [-0.1, -0.05) is 158 Å². The van der Waals surface area contributed by atoms with Crippen LogP contribution < -0.4 is 0 Å². The van der Waals surface area contributed by atoms with E-state index in [-0.39, 0.29) is 0 Å². The van der Waals surface area contributed by atoms with Crippen molar-refractivity contribution < 1.29 is 0 Å². The minimum atomic E-state index is -0.428. The van der Waals surface area contributed by atoms with Gasteiger partial charge in [0.1, 0.15) is 0 Å². The van der Waals surface area contributed by atoms with Crippen molar-refractivity contribution in [2.24, 2.45) is 0 Å². The summed E-state index contributed by atoms with van der Waals surface area (Å²) in [6, 6.07) is 58.4. The second-order valence-corrected chi connectivity index (χ2v) is 12.3. The van der Waals surface area contributed by atoms with Crippen molar-refractivity contribution in [3.8, 4) is 56.4 Å². The standard InChI is InChI=1S/C44H27N3/c1-2-14-29(15-3-1)41-45-42(47-43(46-41)36-21-12-16-28-13-4-5-17-31(28)36)30-25-26-35-34-20-8-11-24-39(34)44(40(35)27-30)37-22-9-6-18-32(37)33-19-7-10-23-38(33)44/h1-27H. The maximum Gasteiger partial charge on any atom is 0.164 e. The predicted octanol–water partition coefficient (Wildman–Crippen LogP) is 10.4. The zero-order chi connectivity index (χ0) is 31.0. The molecular weight excluding hydrogens is 571 g/mol. The Labute approximate surface area is 272 Å². The summed E-state index contributed by atoms with van der Waals surface area (Å²) in [4.78, 5) is 15.4. The van der Waals surface area contributed by atoms with Crippen LogP contribution in [-0.4, -0.2) is 15.0 Å². The lowest BCUT2D eigenvalue weighted by Crippen LogP contribution is -2.25. The van der Waals surface area contributed by atoms with Crippen molar-refractivity contribution in [1.82, 2.24) is 15.0 Å². The molecule has 0 atom stereocenters. The number of nitrogens with zero attached hydrogens (tertiary/aromatic N) is 3. The van der Waals surface area contributed by atoms with Gasteiger partial charge in [-0.2, -0.15) is 0 Å². The molecule has 1 spiro atoms. The van der Waals surface area contributed by atoms with Gasteiger partial charge in [-0.25, -0.2) is 15.0 Å². The van der Waals surface area contributed by atoms with E-state index >= 15 is 0 Å². The Morgan fingerprint density at radius 3 is 1.49 bits per heavy atom. The molecule has 7 aromatic carbocycles. The lowest BCUT2D eigenvalue weighted by Gasteiger charge is -2.30. The molecule has 2 aliphatic carbocycles. The Hall–Kier alpha value is -6.19. The van der Waals surface area contributed by atoms with E-state index in [2.05, 4.69) is 146 Å². The average Bonchev–Trinajstić information content (AvgIpc) is 3.62. The molecule has 8 aromatic rings. The summed E-state index contributed by atoms with van der Waals surface area (Å²) in [5, 5.41) is 2.28. The van der Waals surface area contributed by atoms with Crippen LogP contribution in [0.25, 0.3) is 67.2 Å². The highest BCUT2D eigenvalue weighted by Crippen LogP contribution is 2.62. The van der Waals surface area contributed by atoms with Crippen molar-refractivity contribution in [3.63, 3.8) is 0 Å². The number of rotatable bonds is 3. The van der Waals surface area contributed by atoms with Crippen molar-refractivity contribution in [2.45, 2.75) is 5.41 Å². The summed E-state index contributed by atoms with van der Waals surface area (Å²) in [7, 11) is 0. The Bertz CT molecular complexity index is 2460. The molecule has 10 rings (SSSR count). The Morgan fingerprint density at radius 2 is 0.809 bits per heavy atom. The highest BCUT2D eigenvalue weighted by molar-refractivity contribution is 5.97. The molecule has 3 heteroatoms. The maximum absolute atomic E-state index is 5.21. The molecular formula is C44H27N3. The van der Waals surface area contributed by atoms with Gasteiger partial charge in [0.05, 0.1) is 5.41 Å². The van der Waals surface area contributed by atoms with E-state index in [0.717, 1.165) is 27.5 Å². The lowest BCUT2D eigenvalue weighted by atomic mass is 9.70. The SMILES string of the molecule is c1ccc(-c2nc(-c3ccc4c(c3)C3(c5ccccc5-c5ccccc53)c3ccccc3-4)nc(-c3cccc4ccccc34)n2)cc1. The number of fused-ring (bicyclic) bond motifs is 11. The molecule has 0 unspecified atom stereocenters. The fourth-order valence-electron chi connectivity index (χ4n) is 8.00. The van der Waals surface area contributed by atoms with E-state index in [0.29, 0.717) is 17.5 Å². The molecule has 1 heterocycles. The normalized spacial score (nSPS) is 13.3. The molecule has 0 bridgehead atoms. The van der Waals surface area contributed by atoms with Gasteiger partial charge in [0.15, 0.2) is 17.5 Å². The van der Waals surface area contributed by atoms with Crippen LogP contribution in [0.2, 0.25) is 0 Å². The third-order valence-corrected chi connectivity index (χ3v) is 9.95.